The van der Waals surface area contributed by atoms with Gasteiger partial charge in [0.2, 0.25) is 5.95 Å². The van der Waals surface area contributed by atoms with E-state index >= 15 is 0 Å². The molecule has 2 saturated carbocycles. The van der Waals surface area contributed by atoms with Crippen LogP contribution in [0.2, 0.25) is 5.02 Å². The van der Waals surface area contributed by atoms with E-state index < -0.39 is 0 Å². The minimum absolute atomic E-state index is 0.475. The molecule has 0 radical (unpaired) electrons. The first kappa shape index (κ1) is 20.7. The number of nitrogens with one attached hydrogen (secondary N) is 1. The van der Waals surface area contributed by atoms with E-state index in [1.165, 1.54) is 31.2 Å². The van der Waals surface area contributed by atoms with Gasteiger partial charge in [-0.15, -0.1) is 0 Å². The highest BCUT2D eigenvalue weighted by molar-refractivity contribution is 6.32. The highest BCUT2D eigenvalue weighted by atomic mass is 35.5. The van der Waals surface area contributed by atoms with Crippen molar-refractivity contribution in [1.82, 2.24) is 24.6 Å². The molecule has 1 unspecified atom stereocenters. The summed E-state index contributed by atoms with van der Waals surface area (Å²) in [5, 5.41) is 9.73. The van der Waals surface area contributed by atoms with Crippen LogP contribution in [0.3, 0.4) is 0 Å². The molecular formula is C27H29ClN6. The number of likely N-dealkylation sites (tertiary alicyclic amines) is 1. The fourth-order valence-corrected chi connectivity index (χ4v) is 6.52. The van der Waals surface area contributed by atoms with Crippen LogP contribution >= 0.6 is 11.6 Å². The summed E-state index contributed by atoms with van der Waals surface area (Å²) in [4.78, 5) is 12.1. The van der Waals surface area contributed by atoms with Gasteiger partial charge in [-0.3, -0.25) is 9.58 Å². The molecule has 1 aliphatic heterocycles. The Labute approximate surface area is 205 Å². The third-order valence-electron chi connectivity index (χ3n) is 8.38. The van der Waals surface area contributed by atoms with Gasteiger partial charge in [0.1, 0.15) is 0 Å². The molecule has 3 heterocycles. The number of halogens is 1. The highest BCUT2D eigenvalue weighted by Gasteiger charge is 2.42. The lowest BCUT2D eigenvalue weighted by atomic mass is 9.84. The van der Waals surface area contributed by atoms with Crippen LogP contribution in [-0.4, -0.2) is 43.8 Å². The van der Waals surface area contributed by atoms with Crippen LogP contribution in [0.4, 0.5) is 11.6 Å². The minimum Gasteiger partial charge on any atom is -0.321 e. The van der Waals surface area contributed by atoms with Crippen molar-refractivity contribution in [1.29, 1.82) is 0 Å². The lowest BCUT2D eigenvalue weighted by Crippen LogP contribution is -2.44. The number of piperidine rings is 1. The quantitative estimate of drug-likeness (QED) is 0.500. The number of rotatable bonds is 5. The number of benzene rings is 1. The summed E-state index contributed by atoms with van der Waals surface area (Å²) in [6, 6.07) is 5.45. The fraction of sp³-hybridized carbons (Fsp3) is 0.519. The first-order chi connectivity index (χ1) is 16.6. The van der Waals surface area contributed by atoms with Gasteiger partial charge in [-0.1, -0.05) is 23.4 Å². The van der Waals surface area contributed by atoms with Crippen molar-refractivity contribution in [2.75, 3.05) is 18.4 Å². The van der Waals surface area contributed by atoms with Crippen LogP contribution in [0.15, 0.2) is 24.5 Å². The van der Waals surface area contributed by atoms with E-state index in [0.717, 1.165) is 53.2 Å². The van der Waals surface area contributed by atoms with Gasteiger partial charge in [0.15, 0.2) is 0 Å². The first-order valence-corrected chi connectivity index (χ1v) is 13.0. The zero-order valence-electron chi connectivity index (χ0n) is 19.5. The molecule has 4 aliphatic rings. The Kier molecular flexibility index (Phi) is 4.86. The number of nitrogens with zero attached hydrogens (tertiary/aromatic N) is 5. The molecule has 3 aromatic rings. The second-order valence-electron chi connectivity index (χ2n) is 10.4. The van der Waals surface area contributed by atoms with Gasteiger partial charge in [-0.05, 0) is 82.2 Å². The lowest BCUT2D eigenvalue weighted by Gasteiger charge is -2.39. The van der Waals surface area contributed by atoms with Gasteiger partial charge in [0.25, 0.3) is 0 Å². The molecule has 0 spiro atoms. The number of fused-ring (bicyclic) bond motifs is 2. The number of hydrogen-bond acceptors (Lipinski definition) is 5. The lowest BCUT2D eigenvalue weighted by molar-refractivity contribution is 0.133. The summed E-state index contributed by atoms with van der Waals surface area (Å²) in [6.45, 7) is 4.37. The summed E-state index contributed by atoms with van der Waals surface area (Å²) in [5.74, 6) is 9.16. The molecule has 174 valence electrons. The highest BCUT2D eigenvalue weighted by Crippen LogP contribution is 2.42. The Morgan fingerprint density at radius 1 is 1.03 bits per heavy atom. The molecule has 7 heteroatoms. The van der Waals surface area contributed by atoms with Crippen molar-refractivity contribution in [3.05, 3.63) is 40.8 Å². The van der Waals surface area contributed by atoms with Crippen molar-refractivity contribution in [2.45, 2.75) is 63.5 Å². The van der Waals surface area contributed by atoms with Crippen LogP contribution in [-0.2, 0) is 0 Å². The van der Waals surface area contributed by atoms with Gasteiger partial charge >= 0.3 is 0 Å². The third-order valence-corrected chi connectivity index (χ3v) is 8.70. The Balaban J connectivity index is 1.09. The predicted octanol–water partition coefficient (Wildman–Crippen LogP) is 5.46. The van der Waals surface area contributed by atoms with Crippen LogP contribution in [0.5, 0.6) is 0 Å². The molecule has 0 bridgehead atoms. The summed E-state index contributed by atoms with van der Waals surface area (Å²) < 4.78 is 2.11. The summed E-state index contributed by atoms with van der Waals surface area (Å²) >= 11 is 6.77. The van der Waals surface area contributed by atoms with E-state index in [4.69, 9.17) is 16.6 Å². The van der Waals surface area contributed by atoms with Crippen molar-refractivity contribution in [3.63, 3.8) is 0 Å². The normalized spacial score (nSPS) is 26.7. The van der Waals surface area contributed by atoms with Gasteiger partial charge < -0.3 is 5.32 Å². The Hall–Kier alpha value is -2.62. The van der Waals surface area contributed by atoms with Gasteiger partial charge in [0.05, 0.1) is 29.1 Å². The summed E-state index contributed by atoms with van der Waals surface area (Å²) in [5.41, 5.74) is 4.27. The molecule has 3 atom stereocenters. The molecular weight excluding hydrogens is 444 g/mol. The van der Waals surface area contributed by atoms with Crippen LogP contribution in [0.1, 0.15) is 61.7 Å². The Bertz CT molecular complexity index is 1320. The van der Waals surface area contributed by atoms with Crippen LogP contribution in [0.25, 0.3) is 10.9 Å². The maximum absolute atomic E-state index is 6.77. The number of aromatic nitrogens is 4. The maximum atomic E-state index is 6.77. The molecule has 1 N–H and O–H groups in total. The smallest absolute Gasteiger partial charge is 0.227 e. The molecule has 1 saturated heterocycles. The summed E-state index contributed by atoms with van der Waals surface area (Å²) in [6.07, 6.45) is 11.0. The molecule has 7 rings (SSSR count). The van der Waals surface area contributed by atoms with E-state index in [1.807, 2.05) is 18.5 Å². The first-order valence-electron chi connectivity index (χ1n) is 12.7. The second kappa shape index (κ2) is 7.96. The number of hydrogen-bond donors (Lipinski definition) is 1. The largest absolute Gasteiger partial charge is 0.321 e. The molecule has 1 aromatic carbocycles. The fourth-order valence-electron chi connectivity index (χ4n) is 6.19. The average Bonchev–Trinajstić information content (AvgIpc) is 3.54. The Morgan fingerprint density at radius 2 is 1.88 bits per heavy atom. The van der Waals surface area contributed by atoms with Gasteiger partial charge in [0, 0.05) is 34.5 Å². The zero-order chi connectivity index (χ0) is 22.8. The van der Waals surface area contributed by atoms with Crippen molar-refractivity contribution in [2.24, 2.45) is 11.8 Å². The van der Waals surface area contributed by atoms with Crippen LogP contribution in [0, 0.1) is 30.6 Å². The minimum atomic E-state index is 0.475. The van der Waals surface area contributed by atoms with Crippen molar-refractivity contribution >= 4 is 34.1 Å². The predicted molar refractivity (Wildman–Crippen MR) is 134 cm³/mol. The van der Waals surface area contributed by atoms with E-state index in [9.17, 15) is 0 Å². The van der Waals surface area contributed by atoms with E-state index in [2.05, 4.69) is 49.8 Å². The topological polar surface area (TPSA) is 58.9 Å². The molecule has 3 aliphatic carbocycles. The standard InChI is InChI=1S/C27H29ClN6/c1-16-25(15-30-34(16)20-4-5-20)32-27-29-14-19-12-23(28)22(13-24(19)31-27)18-8-10-33(11-9-18)26-7-3-17-2-6-21(17)26/h12-15,17-18,20-21,26H,3-5,7-11H2,1H3,(H,29,31,32)/t17-,21-,26?/m0/s1. The SMILES string of the molecule is Cc1c(Nc2ncc3cc(Cl)c(C4CCN(C5CC[C@@H]6C#C[C@H]56)CC4)cc3n2)cnn1C1CC1. The van der Waals surface area contributed by atoms with Gasteiger partial charge in [-0.2, -0.15) is 5.10 Å². The Morgan fingerprint density at radius 3 is 2.62 bits per heavy atom. The molecule has 34 heavy (non-hydrogen) atoms. The monoisotopic (exact) mass is 472 g/mol. The number of anilines is 2. The zero-order valence-corrected chi connectivity index (χ0v) is 20.2. The van der Waals surface area contributed by atoms with Crippen molar-refractivity contribution < 1.29 is 0 Å². The third kappa shape index (κ3) is 3.49. The van der Waals surface area contributed by atoms with Gasteiger partial charge in [-0.25, -0.2) is 9.97 Å². The van der Waals surface area contributed by atoms with Crippen molar-refractivity contribution in [3.8, 4) is 11.8 Å². The van der Waals surface area contributed by atoms with Crippen LogP contribution < -0.4 is 5.32 Å². The molecule has 2 aromatic heterocycles. The summed E-state index contributed by atoms with van der Waals surface area (Å²) in [7, 11) is 0. The molecule has 6 nitrogen and oxygen atoms in total. The van der Waals surface area contributed by atoms with E-state index in [-0.39, 0.29) is 0 Å². The maximum Gasteiger partial charge on any atom is 0.227 e. The average molecular weight is 473 g/mol. The van der Waals surface area contributed by atoms with E-state index in [1.54, 1.807) is 0 Å². The molecule has 3 fully saturated rings. The molecule has 0 amide bonds. The van der Waals surface area contributed by atoms with E-state index in [0.29, 0.717) is 35.8 Å². The second-order valence-corrected chi connectivity index (χ2v) is 10.9.